The molecule has 0 saturated heterocycles. The molecule has 0 aromatic heterocycles. The summed E-state index contributed by atoms with van der Waals surface area (Å²) in [5.41, 5.74) is 4.68. The van der Waals surface area contributed by atoms with Crippen LogP contribution in [-0.2, 0) is 28.7 Å². The molecule has 0 spiro atoms. The smallest absolute Gasteiger partial charge is 0.319 e. The van der Waals surface area contributed by atoms with Crippen LogP contribution < -0.4 is 16.0 Å². The third-order valence-corrected chi connectivity index (χ3v) is 7.08. The summed E-state index contributed by atoms with van der Waals surface area (Å²) in [4.78, 5) is 12.5. The summed E-state index contributed by atoms with van der Waals surface area (Å²) in [6.45, 7) is 3.50. The highest BCUT2D eigenvalue weighted by atomic mass is 32.2. The highest BCUT2D eigenvalue weighted by molar-refractivity contribution is 7.90. The summed E-state index contributed by atoms with van der Waals surface area (Å²) in [6.07, 6.45) is 0. The molecule has 0 unspecified atom stereocenters. The van der Waals surface area contributed by atoms with Crippen molar-refractivity contribution in [2.24, 2.45) is 0 Å². The Morgan fingerprint density at radius 1 is 0.968 bits per heavy atom. The molecule has 3 aromatic carbocycles. The van der Waals surface area contributed by atoms with Gasteiger partial charge in [-0.25, -0.2) is 13.2 Å². The number of fused-ring (bicyclic) bond motifs is 1. The molecular formula is C24H25N3O3S. The number of rotatable bonds is 6. The van der Waals surface area contributed by atoms with E-state index < -0.39 is 9.84 Å². The minimum Gasteiger partial charge on any atom is -0.331 e. The Labute approximate surface area is 182 Å². The molecule has 1 atom stereocenters. The van der Waals surface area contributed by atoms with Gasteiger partial charge < -0.3 is 16.0 Å². The van der Waals surface area contributed by atoms with Crippen molar-refractivity contribution in [3.8, 4) is 0 Å². The van der Waals surface area contributed by atoms with Crippen molar-refractivity contribution >= 4 is 21.6 Å². The lowest BCUT2D eigenvalue weighted by atomic mass is 10.1. The fraction of sp³-hybridized carbons (Fsp3) is 0.208. The van der Waals surface area contributed by atoms with E-state index >= 15 is 0 Å². The highest BCUT2D eigenvalue weighted by Crippen LogP contribution is 2.22. The van der Waals surface area contributed by atoms with Gasteiger partial charge in [-0.3, -0.25) is 0 Å². The summed E-state index contributed by atoms with van der Waals surface area (Å²) in [5.74, 6) is -0.0534. The minimum atomic E-state index is -3.48. The van der Waals surface area contributed by atoms with E-state index in [1.165, 1.54) is 17.7 Å². The number of hydrogen-bond donors (Lipinski definition) is 3. The summed E-state index contributed by atoms with van der Waals surface area (Å²) in [5, 5.41) is 8.88. The standard InChI is InChI=1S/C24H25N3O3S/c1-17(19-5-3-2-4-6-19)26-24(28)27-22-9-11-23(12-10-22)31(29,30)16-18-7-8-20-14-25-15-21(20)13-18/h2-13,17,25H,14-16H2,1H3,(H2,26,27,28)/t17-/m1/s1. The second-order valence-electron chi connectivity index (χ2n) is 7.72. The number of benzene rings is 3. The number of carbonyl (C=O) groups excluding carboxylic acids is 1. The number of amides is 2. The van der Waals surface area contributed by atoms with Crippen molar-refractivity contribution in [2.75, 3.05) is 5.32 Å². The SMILES string of the molecule is C[C@@H](NC(=O)Nc1ccc(S(=O)(=O)Cc2ccc3c(c2)CNC3)cc1)c1ccccc1. The zero-order valence-electron chi connectivity index (χ0n) is 17.3. The van der Waals surface area contributed by atoms with Crippen molar-refractivity contribution in [3.05, 3.63) is 95.1 Å². The molecule has 3 N–H and O–H groups in total. The third-order valence-electron chi connectivity index (χ3n) is 5.38. The van der Waals surface area contributed by atoms with Gasteiger partial charge >= 0.3 is 6.03 Å². The Kier molecular flexibility index (Phi) is 6.06. The molecule has 0 bridgehead atoms. The summed E-state index contributed by atoms with van der Waals surface area (Å²) in [6, 6.07) is 21.2. The average Bonchev–Trinajstić information content (AvgIpc) is 3.22. The average molecular weight is 436 g/mol. The van der Waals surface area contributed by atoms with Crippen LogP contribution >= 0.6 is 0 Å². The fourth-order valence-corrected chi connectivity index (χ4v) is 5.01. The molecule has 3 aromatic rings. The zero-order chi connectivity index (χ0) is 21.8. The predicted octanol–water partition coefficient (Wildman–Crippen LogP) is 4.15. The Morgan fingerprint density at radius 2 is 1.68 bits per heavy atom. The van der Waals surface area contributed by atoms with E-state index in [9.17, 15) is 13.2 Å². The quantitative estimate of drug-likeness (QED) is 0.543. The van der Waals surface area contributed by atoms with Gasteiger partial charge in [0, 0.05) is 18.8 Å². The van der Waals surface area contributed by atoms with Crippen LogP contribution in [-0.4, -0.2) is 14.4 Å². The Bertz CT molecular complexity index is 1180. The van der Waals surface area contributed by atoms with Crippen molar-refractivity contribution in [3.63, 3.8) is 0 Å². The number of anilines is 1. The Balaban J connectivity index is 1.38. The molecule has 0 fully saturated rings. The maximum atomic E-state index is 12.8. The zero-order valence-corrected chi connectivity index (χ0v) is 18.1. The van der Waals surface area contributed by atoms with Crippen LogP contribution in [0.2, 0.25) is 0 Å². The van der Waals surface area contributed by atoms with Crippen molar-refractivity contribution in [1.29, 1.82) is 0 Å². The number of sulfone groups is 1. The van der Waals surface area contributed by atoms with E-state index in [1.807, 2.05) is 55.5 Å². The van der Waals surface area contributed by atoms with Gasteiger partial charge in [-0.2, -0.15) is 0 Å². The molecule has 0 radical (unpaired) electrons. The van der Waals surface area contributed by atoms with Crippen LogP contribution in [0.5, 0.6) is 0 Å². The van der Waals surface area contributed by atoms with E-state index in [0.717, 1.165) is 29.8 Å². The molecule has 2 amide bonds. The lowest BCUT2D eigenvalue weighted by molar-refractivity contribution is 0.249. The molecule has 4 rings (SSSR count). The number of carbonyl (C=O) groups is 1. The maximum absolute atomic E-state index is 12.8. The minimum absolute atomic E-state index is 0.0534. The van der Waals surface area contributed by atoms with Crippen molar-refractivity contribution in [2.45, 2.75) is 36.7 Å². The van der Waals surface area contributed by atoms with E-state index in [1.54, 1.807) is 12.1 Å². The molecule has 1 aliphatic rings. The van der Waals surface area contributed by atoms with E-state index in [-0.39, 0.29) is 22.7 Å². The second kappa shape index (κ2) is 8.91. The third kappa shape index (κ3) is 5.13. The van der Waals surface area contributed by atoms with E-state index in [2.05, 4.69) is 16.0 Å². The molecule has 1 aliphatic heterocycles. The van der Waals surface area contributed by atoms with Crippen LogP contribution in [0.25, 0.3) is 0 Å². The van der Waals surface area contributed by atoms with Crippen LogP contribution in [0.4, 0.5) is 10.5 Å². The van der Waals surface area contributed by atoms with Gasteiger partial charge in [-0.05, 0) is 53.4 Å². The Morgan fingerprint density at radius 3 is 2.42 bits per heavy atom. The highest BCUT2D eigenvalue weighted by Gasteiger charge is 2.18. The first-order valence-corrected chi connectivity index (χ1v) is 11.8. The first kappa shape index (κ1) is 21.1. The van der Waals surface area contributed by atoms with Crippen LogP contribution in [0.1, 0.15) is 35.2 Å². The number of urea groups is 1. The van der Waals surface area contributed by atoms with Crippen LogP contribution in [0, 0.1) is 0 Å². The molecule has 7 heteroatoms. The normalized spacial score (nSPS) is 14.0. The topological polar surface area (TPSA) is 87.3 Å². The van der Waals surface area contributed by atoms with Crippen LogP contribution in [0.3, 0.4) is 0 Å². The Hall–Kier alpha value is -3.16. The predicted molar refractivity (Wildman–Crippen MR) is 121 cm³/mol. The van der Waals surface area contributed by atoms with Gasteiger partial charge in [0.15, 0.2) is 9.84 Å². The summed E-state index contributed by atoms with van der Waals surface area (Å²) < 4.78 is 25.6. The molecule has 0 aliphatic carbocycles. The molecule has 0 saturated carbocycles. The first-order chi connectivity index (χ1) is 14.9. The molecule has 6 nitrogen and oxygen atoms in total. The van der Waals surface area contributed by atoms with Gasteiger partial charge in [0.05, 0.1) is 16.7 Å². The van der Waals surface area contributed by atoms with Crippen molar-refractivity contribution < 1.29 is 13.2 Å². The van der Waals surface area contributed by atoms with Gasteiger partial charge in [0.2, 0.25) is 0 Å². The van der Waals surface area contributed by atoms with Gasteiger partial charge in [-0.15, -0.1) is 0 Å². The molecule has 31 heavy (non-hydrogen) atoms. The number of nitrogens with one attached hydrogen (secondary N) is 3. The lowest BCUT2D eigenvalue weighted by Crippen LogP contribution is -2.31. The number of hydrogen-bond acceptors (Lipinski definition) is 4. The fourth-order valence-electron chi connectivity index (χ4n) is 3.68. The first-order valence-electron chi connectivity index (χ1n) is 10.2. The molecule has 160 valence electrons. The van der Waals surface area contributed by atoms with Crippen molar-refractivity contribution in [1.82, 2.24) is 10.6 Å². The second-order valence-corrected chi connectivity index (χ2v) is 9.71. The summed E-state index contributed by atoms with van der Waals surface area (Å²) in [7, 11) is -3.48. The monoisotopic (exact) mass is 435 g/mol. The van der Waals surface area contributed by atoms with E-state index in [4.69, 9.17) is 0 Å². The van der Waals surface area contributed by atoms with E-state index in [0.29, 0.717) is 5.69 Å². The van der Waals surface area contributed by atoms with Gasteiger partial charge in [-0.1, -0.05) is 48.5 Å². The largest absolute Gasteiger partial charge is 0.331 e. The molecular weight excluding hydrogens is 410 g/mol. The molecule has 1 heterocycles. The summed E-state index contributed by atoms with van der Waals surface area (Å²) >= 11 is 0. The maximum Gasteiger partial charge on any atom is 0.319 e. The van der Waals surface area contributed by atoms with Crippen LogP contribution in [0.15, 0.2) is 77.7 Å². The lowest BCUT2D eigenvalue weighted by Gasteiger charge is -2.15. The van der Waals surface area contributed by atoms with Gasteiger partial charge in [0.1, 0.15) is 0 Å². The van der Waals surface area contributed by atoms with Gasteiger partial charge in [0.25, 0.3) is 0 Å².